The Labute approximate surface area is 206 Å². The molecule has 1 atom stereocenters. The van der Waals surface area contributed by atoms with E-state index in [-0.39, 0.29) is 11.6 Å². The van der Waals surface area contributed by atoms with E-state index in [0.29, 0.717) is 0 Å². The third-order valence-corrected chi connectivity index (χ3v) is 7.61. The Balaban J connectivity index is 1.31. The molecule has 1 fully saturated rings. The molecule has 35 heavy (non-hydrogen) atoms. The largest absolute Gasteiger partial charge is 0.369 e. The average molecular weight is 465 g/mol. The van der Waals surface area contributed by atoms with Crippen LogP contribution in [0.25, 0.3) is 10.9 Å². The highest BCUT2D eigenvalue weighted by Gasteiger charge is 2.23. The molecule has 3 aromatic carbocycles. The number of nitrogens with one attached hydrogen (secondary N) is 1. The first-order valence-corrected chi connectivity index (χ1v) is 12.7. The summed E-state index contributed by atoms with van der Waals surface area (Å²) < 4.78 is 2.01. The van der Waals surface area contributed by atoms with Gasteiger partial charge in [-0.1, -0.05) is 30.3 Å². The van der Waals surface area contributed by atoms with Crippen LogP contribution in [0.4, 0.5) is 17.1 Å². The zero-order valence-corrected chi connectivity index (χ0v) is 20.3. The van der Waals surface area contributed by atoms with E-state index in [2.05, 4.69) is 88.9 Å². The molecule has 1 aromatic heterocycles. The second-order valence-electron chi connectivity index (χ2n) is 9.88. The van der Waals surface area contributed by atoms with E-state index < -0.39 is 0 Å². The van der Waals surface area contributed by atoms with Gasteiger partial charge in [0.1, 0.15) is 0 Å². The van der Waals surface area contributed by atoms with E-state index in [1.54, 1.807) is 6.07 Å². The van der Waals surface area contributed by atoms with Crippen LogP contribution in [0.2, 0.25) is 0 Å². The quantitative estimate of drug-likeness (QED) is 0.438. The van der Waals surface area contributed by atoms with Crippen molar-refractivity contribution in [2.24, 2.45) is 0 Å². The zero-order valence-electron chi connectivity index (χ0n) is 20.3. The predicted octanol–water partition coefficient (Wildman–Crippen LogP) is 5.42. The van der Waals surface area contributed by atoms with Crippen molar-refractivity contribution < 1.29 is 0 Å². The summed E-state index contributed by atoms with van der Waals surface area (Å²) in [5.74, 6) is 0. The maximum atomic E-state index is 13.2. The molecule has 178 valence electrons. The summed E-state index contributed by atoms with van der Waals surface area (Å²) in [6.07, 6.45) is 3.17. The van der Waals surface area contributed by atoms with E-state index in [9.17, 15) is 4.79 Å². The number of pyridine rings is 1. The lowest BCUT2D eigenvalue weighted by atomic mass is 9.87. The summed E-state index contributed by atoms with van der Waals surface area (Å²) in [6.45, 7) is 4.33. The normalized spacial score (nSPS) is 18.4. The lowest BCUT2D eigenvalue weighted by molar-refractivity contribution is 0.313. The zero-order chi connectivity index (χ0) is 23.8. The van der Waals surface area contributed by atoms with Crippen molar-refractivity contribution in [3.8, 4) is 0 Å². The Hall–Kier alpha value is -3.57. The molecule has 1 aliphatic carbocycles. The smallest absolute Gasteiger partial charge is 0.251 e. The Morgan fingerprint density at radius 1 is 0.829 bits per heavy atom. The van der Waals surface area contributed by atoms with E-state index in [1.165, 1.54) is 16.8 Å². The van der Waals surface area contributed by atoms with Gasteiger partial charge in [-0.25, -0.2) is 0 Å². The number of rotatable bonds is 4. The van der Waals surface area contributed by atoms with E-state index in [1.807, 2.05) is 10.6 Å². The van der Waals surface area contributed by atoms with Crippen LogP contribution < -0.4 is 15.8 Å². The second kappa shape index (κ2) is 9.23. The van der Waals surface area contributed by atoms with Crippen molar-refractivity contribution in [3.63, 3.8) is 0 Å². The van der Waals surface area contributed by atoms with Gasteiger partial charge in [0.2, 0.25) is 0 Å². The van der Waals surface area contributed by atoms with Crippen molar-refractivity contribution in [2.45, 2.75) is 25.3 Å². The van der Waals surface area contributed by atoms with Gasteiger partial charge in [0.15, 0.2) is 0 Å². The highest BCUT2D eigenvalue weighted by atomic mass is 16.1. The van der Waals surface area contributed by atoms with E-state index in [4.69, 9.17) is 0 Å². The van der Waals surface area contributed by atoms with Gasteiger partial charge in [-0.15, -0.1) is 0 Å². The monoisotopic (exact) mass is 464 g/mol. The van der Waals surface area contributed by atoms with Gasteiger partial charge in [0.05, 0.1) is 11.6 Å². The number of aromatic nitrogens is 1. The summed E-state index contributed by atoms with van der Waals surface area (Å²) in [7, 11) is 2.18. The highest BCUT2D eigenvalue weighted by Crippen LogP contribution is 2.34. The van der Waals surface area contributed by atoms with Gasteiger partial charge in [0.25, 0.3) is 5.56 Å². The minimum Gasteiger partial charge on any atom is -0.369 e. The van der Waals surface area contributed by atoms with Crippen LogP contribution in [-0.2, 0) is 6.42 Å². The van der Waals surface area contributed by atoms with E-state index in [0.717, 1.165) is 67.7 Å². The lowest BCUT2D eigenvalue weighted by Crippen LogP contribution is -2.44. The molecule has 4 aromatic rings. The molecule has 0 saturated carbocycles. The van der Waals surface area contributed by atoms with Gasteiger partial charge < -0.3 is 19.7 Å². The third-order valence-electron chi connectivity index (χ3n) is 7.61. The molecule has 0 bridgehead atoms. The highest BCUT2D eigenvalue weighted by molar-refractivity contribution is 5.84. The third kappa shape index (κ3) is 4.32. The molecular weight excluding hydrogens is 432 g/mol. The molecule has 1 aliphatic heterocycles. The van der Waals surface area contributed by atoms with Gasteiger partial charge in [-0.05, 0) is 85.3 Å². The summed E-state index contributed by atoms with van der Waals surface area (Å²) in [6, 6.07) is 27.3. The first-order valence-electron chi connectivity index (χ1n) is 12.7. The fourth-order valence-electron chi connectivity index (χ4n) is 5.64. The minimum atomic E-state index is 0.0629. The molecule has 5 nitrogen and oxygen atoms in total. The van der Waals surface area contributed by atoms with Crippen molar-refractivity contribution in [1.82, 2.24) is 9.47 Å². The molecular formula is C30H32N4O. The number of benzene rings is 3. The molecule has 1 saturated heterocycles. The number of aryl methyl sites for hydroxylation is 1. The molecule has 2 heterocycles. The minimum absolute atomic E-state index is 0.0629. The number of piperazine rings is 1. The Morgan fingerprint density at radius 2 is 1.57 bits per heavy atom. The Morgan fingerprint density at radius 3 is 2.40 bits per heavy atom. The Kier molecular flexibility index (Phi) is 5.78. The standard InChI is InChI=1S/C30H32N4O/c1-32-17-19-33(20-18-32)26-14-12-24(13-15-26)31-25-11-9-23-10-16-30(35)34(29(23)21-25)28-8-4-6-22-5-2-3-7-27(22)28/h2-3,5,7,9-16,21,28,31H,4,6,8,17-20H2,1H3/t28-/m0/s1. The molecule has 6 rings (SSSR count). The molecule has 2 aliphatic rings. The average Bonchev–Trinajstić information content (AvgIpc) is 2.89. The molecule has 0 amide bonds. The van der Waals surface area contributed by atoms with Crippen molar-refractivity contribution >= 4 is 28.0 Å². The maximum absolute atomic E-state index is 13.2. The first kappa shape index (κ1) is 21.9. The van der Waals surface area contributed by atoms with Crippen LogP contribution in [0.15, 0.2) is 83.7 Å². The summed E-state index contributed by atoms with van der Waals surface area (Å²) in [5.41, 5.74) is 7.01. The molecule has 5 heteroatoms. The van der Waals surface area contributed by atoms with Crippen LogP contribution in [-0.4, -0.2) is 42.7 Å². The van der Waals surface area contributed by atoms with E-state index >= 15 is 0 Å². The number of nitrogens with zero attached hydrogens (tertiary/aromatic N) is 3. The van der Waals surface area contributed by atoms with Crippen LogP contribution in [0.1, 0.15) is 30.0 Å². The number of hydrogen-bond donors (Lipinski definition) is 1. The van der Waals surface area contributed by atoms with Gasteiger partial charge in [0, 0.05) is 49.3 Å². The molecule has 0 spiro atoms. The molecule has 0 radical (unpaired) electrons. The molecule has 0 unspecified atom stereocenters. The van der Waals surface area contributed by atoms with Crippen LogP contribution in [0.3, 0.4) is 0 Å². The van der Waals surface area contributed by atoms with Gasteiger partial charge in [-0.2, -0.15) is 0 Å². The Bertz CT molecular complexity index is 1400. The first-order chi connectivity index (χ1) is 17.2. The molecule has 1 N–H and O–H groups in total. The van der Waals surface area contributed by atoms with Gasteiger partial charge in [-0.3, -0.25) is 4.79 Å². The number of hydrogen-bond acceptors (Lipinski definition) is 4. The number of anilines is 3. The van der Waals surface area contributed by atoms with Crippen molar-refractivity contribution in [2.75, 3.05) is 43.4 Å². The number of likely N-dealkylation sites (N-methyl/N-ethyl adjacent to an activating group) is 1. The fourth-order valence-corrected chi connectivity index (χ4v) is 5.64. The van der Waals surface area contributed by atoms with Crippen LogP contribution >= 0.6 is 0 Å². The van der Waals surface area contributed by atoms with Crippen molar-refractivity contribution in [1.29, 1.82) is 0 Å². The SMILES string of the molecule is CN1CCN(c2ccc(Nc3ccc4ccc(=O)n([C@H]5CCCc6ccccc65)c4c3)cc2)CC1. The predicted molar refractivity (Wildman–Crippen MR) is 145 cm³/mol. The van der Waals surface area contributed by atoms with Crippen LogP contribution in [0, 0.1) is 0 Å². The lowest BCUT2D eigenvalue weighted by Gasteiger charge is -2.34. The number of fused-ring (bicyclic) bond motifs is 2. The fraction of sp³-hybridized carbons (Fsp3) is 0.300. The second-order valence-corrected chi connectivity index (χ2v) is 9.88. The maximum Gasteiger partial charge on any atom is 0.251 e. The van der Waals surface area contributed by atoms with Crippen LogP contribution in [0.5, 0.6) is 0 Å². The van der Waals surface area contributed by atoms with Crippen molar-refractivity contribution in [3.05, 3.63) is 100 Å². The van der Waals surface area contributed by atoms with Gasteiger partial charge >= 0.3 is 0 Å². The summed E-state index contributed by atoms with van der Waals surface area (Å²) in [5, 5.41) is 4.65. The summed E-state index contributed by atoms with van der Waals surface area (Å²) in [4.78, 5) is 18.0. The summed E-state index contributed by atoms with van der Waals surface area (Å²) >= 11 is 0. The topological polar surface area (TPSA) is 40.5 Å².